The van der Waals surface area contributed by atoms with Crippen molar-refractivity contribution in [2.75, 3.05) is 41.2 Å². The lowest BCUT2D eigenvalue weighted by Gasteiger charge is -2.04. The lowest BCUT2D eigenvalue weighted by atomic mass is 10.1. The molecule has 0 unspecified atom stereocenters. The van der Waals surface area contributed by atoms with Gasteiger partial charge in [0.1, 0.15) is 0 Å². The number of hydrogen-bond acceptors (Lipinski definition) is 3. The lowest BCUT2D eigenvalue weighted by Crippen LogP contribution is -1.98. The second-order valence-corrected chi connectivity index (χ2v) is 6.80. The van der Waals surface area contributed by atoms with Crippen LogP contribution in [0.5, 0.6) is 0 Å². The quantitative estimate of drug-likeness (QED) is 0.656. The van der Waals surface area contributed by atoms with Crippen LogP contribution in [0.3, 0.4) is 0 Å². The Hall–Kier alpha value is -2.56. The summed E-state index contributed by atoms with van der Waals surface area (Å²) in [6, 6.07) is 0. The van der Waals surface area contributed by atoms with Gasteiger partial charge < -0.3 is 14.2 Å². The molecule has 0 N–H and O–H groups in total. The van der Waals surface area contributed by atoms with E-state index in [9.17, 15) is 0 Å². The van der Waals surface area contributed by atoms with E-state index in [4.69, 9.17) is 14.2 Å². The molecule has 0 heterocycles. The molecule has 0 saturated heterocycles. The van der Waals surface area contributed by atoms with Crippen molar-refractivity contribution in [3.8, 4) is 23.7 Å². The van der Waals surface area contributed by atoms with Gasteiger partial charge in [-0.25, -0.2) is 0 Å². The first-order valence-electron chi connectivity index (χ1n) is 9.47. The van der Waals surface area contributed by atoms with E-state index in [1.165, 1.54) is 5.57 Å². The zero-order valence-electron chi connectivity index (χ0n) is 16.9. The van der Waals surface area contributed by atoms with Crippen LogP contribution in [0.25, 0.3) is 0 Å². The van der Waals surface area contributed by atoms with Crippen LogP contribution >= 0.6 is 0 Å². The summed E-state index contributed by atoms with van der Waals surface area (Å²) in [5, 5.41) is 0. The molecule has 144 valence electrons. The summed E-state index contributed by atoms with van der Waals surface area (Å²) in [5.41, 5.74) is 7.82. The first-order valence-corrected chi connectivity index (χ1v) is 9.47. The number of ether oxygens (including phenoxy) is 3. The highest BCUT2D eigenvalue weighted by Crippen LogP contribution is 2.27. The van der Waals surface area contributed by atoms with Crippen molar-refractivity contribution >= 4 is 0 Å². The minimum Gasteiger partial charge on any atom is -0.380 e. The minimum absolute atomic E-state index is 0.523. The Morgan fingerprint density at radius 1 is 0.679 bits per heavy atom. The zero-order chi connectivity index (χ0) is 19.8. The van der Waals surface area contributed by atoms with Gasteiger partial charge >= 0.3 is 0 Å². The number of methoxy groups -OCH3 is 3. The van der Waals surface area contributed by atoms with Gasteiger partial charge in [0.15, 0.2) is 0 Å². The van der Waals surface area contributed by atoms with Crippen molar-refractivity contribution in [3.05, 3.63) is 69.4 Å². The number of hydrogen-bond donors (Lipinski definition) is 0. The molecule has 28 heavy (non-hydrogen) atoms. The Kier molecular flexibility index (Phi) is 7.29. The lowest BCUT2D eigenvalue weighted by molar-refractivity contribution is 0.227. The molecule has 0 spiro atoms. The molecule has 0 aromatic rings. The van der Waals surface area contributed by atoms with Gasteiger partial charge in [0.05, 0.1) is 19.8 Å². The van der Waals surface area contributed by atoms with Crippen LogP contribution in [-0.4, -0.2) is 41.2 Å². The topological polar surface area (TPSA) is 27.7 Å². The molecule has 0 bridgehead atoms. The van der Waals surface area contributed by atoms with E-state index in [1.54, 1.807) is 21.3 Å². The average molecular weight is 374 g/mol. The highest BCUT2D eigenvalue weighted by atomic mass is 16.5. The van der Waals surface area contributed by atoms with E-state index in [-0.39, 0.29) is 0 Å². The van der Waals surface area contributed by atoms with Crippen LogP contribution in [0.1, 0.15) is 19.3 Å². The third-order valence-electron chi connectivity index (χ3n) is 4.86. The van der Waals surface area contributed by atoms with Gasteiger partial charge in [0.2, 0.25) is 0 Å². The summed E-state index contributed by atoms with van der Waals surface area (Å²) >= 11 is 0. The van der Waals surface area contributed by atoms with Crippen molar-refractivity contribution in [1.29, 1.82) is 0 Å². The highest BCUT2D eigenvalue weighted by molar-refractivity contribution is 5.61. The standard InChI is InChI=1S/C25H26O3/c1-26-16-23-8-4-6-19(23)10-12-21-14-15-22(25(21)18-28-3)13-11-20-7-5-9-24(20)17-27-2/h4-5,8-9,14H,6-7,15-18H2,1-3H3. The minimum atomic E-state index is 0.523. The molecule has 0 aromatic carbocycles. The number of rotatable bonds is 6. The molecule has 3 aliphatic carbocycles. The first-order chi connectivity index (χ1) is 13.8. The molecule has 3 rings (SSSR count). The van der Waals surface area contributed by atoms with Crippen molar-refractivity contribution in [3.63, 3.8) is 0 Å². The van der Waals surface area contributed by atoms with E-state index in [0.29, 0.717) is 19.8 Å². The van der Waals surface area contributed by atoms with Gasteiger partial charge in [-0.2, -0.15) is 0 Å². The summed E-state index contributed by atoms with van der Waals surface area (Å²) in [7, 11) is 5.13. The third-order valence-corrected chi connectivity index (χ3v) is 4.86. The Balaban J connectivity index is 1.82. The fraction of sp³-hybridized carbons (Fsp3) is 0.360. The van der Waals surface area contributed by atoms with E-state index in [2.05, 4.69) is 54.1 Å². The molecule has 0 aliphatic heterocycles. The monoisotopic (exact) mass is 374 g/mol. The summed E-state index contributed by atoms with van der Waals surface area (Å²) in [6.45, 7) is 1.73. The Morgan fingerprint density at radius 2 is 1.21 bits per heavy atom. The maximum atomic E-state index is 5.43. The predicted octanol–water partition coefficient (Wildman–Crippen LogP) is 4.07. The maximum Gasteiger partial charge on any atom is 0.0734 e. The van der Waals surface area contributed by atoms with E-state index >= 15 is 0 Å². The van der Waals surface area contributed by atoms with Crippen molar-refractivity contribution in [1.82, 2.24) is 0 Å². The van der Waals surface area contributed by atoms with E-state index in [1.807, 2.05) is 0 Å². The van der Waals surface area contributed by atoms with Crippen LogP contribution in [0.2, 0.25) is 0 Å². The molecule has 3 nitrogen and oxygen atoms in total. The number of allylic oxidation sites excluding steroid dienone is 6. The summed E-state index contributed by atoms with van der Waals surface area (Å²) in [6.07, 6.45) is 13.2. The van der Waals surface area contributed by atoms with Gasteiger partial charge in [0.25, 0.3) is 0 Å². The zero-order valence-corrected chi connectivity index (χ0v) is 16.9. The molecule has 0 atom stereocenters. The SMILES string of the molecule is COCC1=C(C#CC2=CCC(C#CC3=C(COC)C=CC3)=C2COC)CC=C1. The van der Waals surface area contributed by atoms with Crippen LogP contribution in [0.4, 0.5) is 0 Å². The van der Waals surface area contributed by atoms with Crippen LogP contribution < -0.4 is 0 Å². The fourth-order valence-corrected chi connectivity index (χ4v) is 3.41. The molecule has 3 aliphatic rings. The van der Waals surface area contributed by atoms with Crippen LogP contribution in [0.15, 0.2) is 69.4 Å². The van der Waals surface area contributed by atoms with Crippen molar-refractivity contribution in [2.24, 2.45) is 0 Å². The highest BCUT2D eigenvalue weighted by Gasteiger charge is 2.16. The molecule has 0 radical (unpaired) electrons. The van der Waals surface area contributed by atoms with Gasteiger partial charge in [-0.1, -0.05) is 54.1 Å². The average Bonchev–Trinajstić information content (AvgIpc) is 3.41. The van der Waals surface area contributed by atoms with Gasteiger partial charge in [0, 0.05) is 55.6 Å². The second kappa shape index (κ2) is 10.1. The van der Waals surface area contributed by atoms with Gasteiger partial charge in [-0.3, -0.25) is 0 Å². The van der Waals surface area contributed by atoms with Gasteiger partial charge in [-0.15, -0.1) is 0 Å². The molecular formula is C25H26O3. The molecule has 0 amide bonds. The maximum absolute atomic E-state index is 5.43. The largest absolute Gasteiger partial charge is 0.380 e. The fourth-order valence-electron chi connectivity index (χ4n) is 3.41. The summed E-state index contributed by atoms with van der Waals surface area (Å²) < 4.78 is 15.9. The van der Waals surface area contributed by atoms with Crippen LogP contribution in [0, 0.1) is 23.7 Å². The van der Waals surface area contributed by atoms with Crippen LogP contribution in [-0.2, 0) is 14.2 Å². The van der Waals surface area contributed by atoms with E-state index < -0.39 is 0 Å². The van der Waals surface area contributed by atoms with Crippen molar-refractivity contribution in [2.45, 2.75) is 19.3 Å². The second-order valence-electron chi connectivity index (χ2n) is 6.80. The molecular weight excluding hydrogens is 348 g/mol. The molecule has 0 fully saturated rings. The van der Waals surface area contributed by atoms with Crippen molar-refractivity contribution < 1.29 is 14.2 Å². The summed E-state index contributed by atoms with van der Waals surface area (Å²) in [4.78, 5) is 0. The summed E-state index contributed by atoms with van der Waals surface area (Å²) in [5.74, 6) is 13.4. The third kappa shape index (κ3) is 4.83. The Labute approximate surface area is 168 Å². The Bertz CT molecular complexity index is 928. The smallest absolute Gasteiger partial charge is 0.0734 e. The molecule has 0 saturated carbocycles. The molecule has 0 aromatic heterocycles. The molecule has 3 heteroatoms. The van der Waals surface area contributed by atoms with Gasteiger partial charge in [-0.05, 0) is 24.0 Å². The first kappa shape index (κ1) is 20.2. The van der Waals surface area contributed by atoms with E-state index in [0.717, 1.165) is 52.7 Å². The Morgan fingerprint density at radius 3 is 1.79 bits per heavy atom. The predicted molar refractivity (Wildman–Crippen MR) is 112 cm³/mol. The normalized spacial score (nSPS) is 17.9.